The van der Waals surface area contributed by atoms with E-state index >= 15 is 0 Å². The largest absolute Gasteiger partial charge is 0.348 e. The van der Waals surface area contributed by atoms with E-state index < -0.39 is 0 Å². The Morgan fingerprint density at radius 1 is 1.90 bits per heavy atom. The molecular weight excluding hydrogens is 146 g/mol. The molecule has 0 aromatic carbocycles. The summed E-state index contributed by atoms with van der Waals surface area (Å²) in [6, 6.07) is 0. The zero-order chi connectivity index (χ0) is 7.40. The fourth-order valence-electron chi connectivity index (χ4n) is 0.773. The second-order valence-corrected chi connectivity index (χ2v) is 2.97. The molecule has 1 atom stereocenters. The van der Waals surface area contributed by atoms with E-state index in [-0.39, 0.29) is 0 Å². The van der Waals surface area contributed by atoms with Gasteiger partial charge in [0.1, 0.15) is 5.82 Å². The van der Waals surface area contributed by atoms with Gasteiger partial charge in [-0.2, -0.15) is 11.8 Å². The Morgan fingerprint density at radius 3 is 3.10 bits per heavy atom. The number of nitrogens with zero attached hydrogens (tertiary/aromatic N) is 1. The molecule has 56 valence electrons. The Bertz CT molecular complexity index is 169. The van der Waals surface area contributed by atoms with Gasteiger partial charge in [0.2, 0.25) is 0 Å². The zero-order valence-electron chi connectivity index (χ0n) is 5.87. The summed E-state index contributed by atoms with van der Waals surface area (Å²) in [5, 5.41) is 0.315. The Hall–Kier alpha value is -0.480. The van der Waals surface area contributed by atoms with Crippen molar-refractivity contribution in [2.45, 2.75) is 5.25 Å². The number of aromatic amines is 1. The molecule has 1 aromatic rings. The summed E-state index contributed by atoms with van der Waals surface area (Å²) in [7, 11) is 0. The van der Waals surface area contributed by atoms with Crippen LogP contribution in [-0.4, -0.2) is 22.8 Å². The van der Waals surface area contributed by atoms with Crippen molar-refractivity contribution in [2.24, 2.45) is 5.73 Å². The average molecular weight is 157 g/mol. The number of nitrogens with one attached hydrogen (secondary N) is 1. The van der Waals surface area contributed by atoms with E-state index in [0.29, 0.717) is 11.8 Å². The molecule has 0 radical (unpaired) electrons. The molecule has 4 heteroatoms. The number of hydrogen-bond donors (Lipinski definition) is 2. The van der Waals surface area contributed by atoms with Gasteiger partial charge in [-0.3, -0.25) is 0 Å². The lowest BCUT2D eigenvalue weighted by molar-refractivity contribution is 0.873. The van der Waals surface area contributed by atoms with Crippen molar-refractivity contribution in [1.29, 1.82) is 0 Å². The Balaban J connectivity index is 2.64. The van der Waals surface area contributed by atoms with Gasteiger partial charge in [0, 0.05) is 18.9 Å². The molecule has 0 fully saturated rings. The number of H-pyrrole nitrogens is 1. The Kier molecular flexibility index (Phi) is 2.77. The summed E-state index contributed by atoms with van der Waals surface area (Å²) in [5.74, 6) is 0.968. The van der Waals surface area contributed by atoms with Gasteiger partial charge in [0.25, 0.3) is 0 Å². The average Bonchev–Trinajstić information content (AvgIpc) is 2.43. The van der Waals surface area contributed by atoms with Gasteiger partial charge >= 0.3 is 0 Å². The van der Waals surface area contributed by atoms with Crippen LogP contribution in [0.3, 0.4) is 0 Å². The molecule has 0 bridgehead atoms. The number of hydrogen-bond acceptors (Lipinski definition) is 3. The minimum atomic E-state index is 0.315. The van der Waals surface area contributed by atoms with Crippen molar-refractivity contribution < 1.29 is 0 Å². The highest BCUT2D eigenvalue weighted by atomic mass is 32.2. The molecule has 0 aliphatic rings. The summed E-state index contributed by atoms with van der Waals surface area (Å²) in [6.45, 7) is 0.634. The molecule has 0 aliphatic heterocycles. The quantitative estimate of drug-likeness (QED) is 0.681. The maximum absolute atomic E-state index is 5.49. The van der Waals surface area contributed by atoms with Crippen LogP contribution in [0.2, 0.25) is 0 Å². The first kappa shape index (κ1) is 7.63. The van der Waals surface area contributed by atoms with Crippen LogP contribution in [0.1, 0.15) is 11.1 Å². The third kappa shape index (κ3) is 1.52. The third-order valence-corrected chi connectivity index (χ3v) is 2.31. The molecule has 3 N–H and O–H groups in total. The van der Waals surface area contributed by atoms with Gasteiger partial charge in [-0.25, -0.2) is 4.98 Å². The molecule has 0 saturated carbocycles. The lowest BCUT2D eigenvalue weighted by atomic mass is 10.4. The van der Waals surface area contributed by atoms with Crippen LogP contribution in [0.25, 0.3) is 0 Å². The second kappa shape index (κ2) is 3.63. The smallest absolute Gasteiger partial charge is 0.120 e. The minimum absolute atomic E-state index is 0.315. The maximum atomic E-state index is 5.49. The van der Waals surface area contributed by atoms with Crippen molar-refractivity contribution >= 4 is 11.8 Å². The van der Waals surface area contributed by atoms with Crippen LogP contribution >= 0.6 is 11.8 Å². The predicted octanol–water partition coefficient (Wildman–Crippen LogP) is 0.772. The minimum Gasteiger partial charge on any atom is -0.348 e. The Labute approximate surface area is 64.4 Å². The van der Waals surface area contributed by atoms with E-state index in [1.54, 1.807) is 18.0 Å². The molecule has 10 heavy (non-hydrogen) atoms. The fraction of sp³-hybridized carbons (Fsp3) is 0.500. The molecular formula is C6H11N3S. The molecule has 1 unspecified atom stereocenters. The highest BCUT2D eigenvalue weighted by Gasteiger charge is 2.08. The molecule has 0 amide bonds. The summed E-state index contributed by atoms with van der Waals surface area (Å²) < 4.78 is 0. The molecule has 3 nitrogen and oxygen atoms in total. The van der Waals surface area contributed by atoms with Crippen LogP contribution in [0, 0.1) is 0 Å². The van der Waals surface area contributed by atoms with Crippen molar-refractivity contribution in [3.63, 3.8) is 0 Å². The monoisotopic (exact) mass is 157 g/mol. The van der Waals surface area contributed by atoms with E-state index in [2.05, 4.69) is 9.97 Å². The first-order valence-electron chi connectivity index (χ1n) is 3.10. The van der Waals surface area contributed by atoms with E-state index in [4.69, 9.17) is 5.73 Å². The topological polar surface area (TPSA) is 54.7 Å². The summed E-state index contributed by atoms with van der Waals surface area (Å²) in [6.07, 6.45) is 5.59. The lowest BCUT2D eigenvalue weighted by Gasteiger charge is -2.06. The van der Waals surface area contributed by atoms with Crippen LogP contribution in [0.15, 0.2) is 12.4 Å². The van der Waals surface area contributed by atoms with E-state index in [0.717, 1.165) is 5.82 Å². The second-order valence-electron chi connectivity index (χ2n) is 1.93. The standard InChI is InChI=1S/C6H11N3S/c1-10-5(4-7)6-8-2-3-9-6/h2-3,5H,4,7H2,1H3,(H,8,9). The van der Waals surface area contributed by atoms with Crippen molar-refractivity contribution in [2.75, 3.05) is 12.8 Å². The van der Waals surface area contributed by atoms with E-state index in [1.165, 1.54) is 0 Å². The maximum Gasteiger partial charge on any atom is 0.120 e. The Morgan fingerprint density at radius 2 is 2.70 bits per heavy atom. The molecule has 1 aromatic heterocycles. The number of rotatable bonds is 3. The van der Waals surface area contributed by atoms with Gasteiger partial charge in [-0.15, -0.1) is 0 Å². The highest BCUT2D eigenvalue weighted by Crippen LogP contribution is 2.20. The van der Waals surface area contributed by atoms with Gasteiger partial charge in [-0.1, -0.05) is 0 Å². The summed E-state index contributed by atoms with van der Waals surface area (Å²) in [4.78, 5) is 7.13. The fourth-order valence-corrected chi connectivity index (χ4v) is 1.32. The first-order valence-corrected chi connectivity index (χ1v) is 4.39. The van der Waals surface area contributed by atoms with Crippen LogP contribution in [-0.2, 0) is 0 Å². The molecule has 0 saturated heterocycles. The molecule has 0 spiro atoms. The lowest BCUT2D eigenvalue weighted by Crippen LogP contribution is -2.10. The first-order chi connectivity index (χ1) is 4.88. The van der Waals surface area contributed by atoms with E-state index in [9.17, 15) is 0 Å². The van der Waals surface area contributed by atoms with Crippen LogP contribution < -0.4 is 5.73 Å². The number of imidazole rings is 1. The van der Waals surface area contributed by atoms with Gasteiger partial charge < -0.3 is 10.7 Å². The predicted molar refractivity (Wildman–Crippen MR) is 43.9 cm³/mol. The van der Waals surface area contributed by atoms with Gasteiger partial charge in [0.15, 0.2) is 0 Å². The highest BCUT2D eigenvalue weighted by molar-refractivity contribution is 7.98. The van der Waals surface area contributed by atoms with Crippen molar-refractivity contribution in [3.05, 3.63) is 18.2 Å². The molecule has 1 rings (SSSR count). The van der Waals surface area contributed by atoms with Gasteiger partial charge in [-0.05, 0) is 6.26 Å². The molecule has 0 aliphatic carbocycles. The summed E-state index contributed by atoms with van der Waals surface area (Å²) >= 11 is 1.71. The van der Waals surface area contributed by atoms with Crippen molar-refractivity contribution in [3.8, 4) is 0 Å². The van der Waals surface area contributed by atoms with E-state index in [1.807, 2.05) is 12.5 Å². The number of nitrogens with two attached hydrogens (primary N) is 1. The normalized spacial score (nSPS) is 13.4. The third-order valence-electron chi connectivity index (χ3n) is 1.32. The summed E-state index contributed by atoms with van der Waals surface area (Å²) in [5.41, 5.74) is 5.49. The van der Waals surface area contributed by atoms with Gasteiger partial charge in [0.05, 0.1) is 5.25 Å². The van der Waals surface area contributed by atoms with Crippen LogP contribution in [0.4, 0.5) is 0 Å². The number of thioether (sulfide) groups is 1. The molecule has 1 heterocycles. The van der Waals surface area contributed by atoms with Crippen molar-refractivity contribution in [1.82, 2.24) is 9.97 Å². The number of aromatic nitrogens is 2. The van der Waals surface area contributed by atoms with Crippen LogP contribution in [0.5, 0.6) is 0 Å². The zero-order valence-corrected chi connectivity index (χ0v) is 6.69. The SMILES string of the molecule is CSC(CN)c1ncc[nH]1.